The maximum absolute atomic E-state index is 14.7. The number of hydrogen-bond acceptors (Lipinski definition) is 4. The van der Waals surface area contributed by atoms with Crippen molar-refractivity contribution in [2.24, 2.45) is 5.92 Å². The van der Waals surface area contributed by atoms with Crippen LogP contribution in [0, 0.1) is 11.7 Å². The number of halogens is 4. The summed E-state index contributed by atoms with van der Waals surface area (Å²) >= 11 is 0. The van der Waals surface area contributed by atoms with Crippen molar-refractivity contribution in [1.82, 2.24) is 14.8 Å². The molecule has 3 aliphatic carbocycles. The first-order valence-electron chi connectivity index (χ1n) is 12.3. The first kappa shape index (κ1) is 24.8. The second-order valence-electron chi connectivity index (χ2n) is 10.6. The second-order valence-corrected chi connectivity index (χ2v) is 10.6. The van der Waals surface area contributed by atoms with Crippen LogP contribution < -0.4 is 16.2 Å². The zero-order valence-corrected chi connectivity index (χ0v) is 20.2. The molecule has 36 heavy (non-hydrogen) atoms. The van der Waals surface area contributed by atoms with Gasteiger partial charge in [-0.2, -0.15) is 0 Å². The van der Waals surface area contributed by atoms with Gasteiger partial charge in [-0.1, -0.05) is 18.2 Å². The summed E-state index contributed by atoms with van der Waals surface area (Å²) in [5.74, 6) is -1.07. The number of hydrogen-bond donors (Lipinski definition) is 2. The van der Waals surface area contributed by atoms with Crippen LogP contribution >= 0.6 is 0 Å². The number of anilines is 1. The minimum atomic E-state index is -2.98. The van der Waals surface area contributed by atoms with Crippen LogP contribution in [-0.4, -0.2) is 47.7 Å². The standard InChI is InChI=1S/C26H30F4N4O2/c1-14(16-4-3-5-17(23(16)28)24(29)30)31-25(36)18-12-34(26-9-15(10-26)11-26)22(35)8-21(18)32-20-6-7-33(2)13-19(20)27/h3-5,8,12,14-15,19-20,24,32H,6-7,9-11,13H2,1-2H3,(H,31,36)/t14-,15?,19-,20+,26?/m1/s1. The minimum Gasteiger partial charge on any atom is -0.378 e. The molecule has 4 fully saturated rings. The third kappa shape index (κ3) is 4.29. The van der Waals surface area contributed by atoms with Gasteiger partial charge in [0, 0.05) is 36.5 Å². The fourth-order valence-electron chi connectivity index (χ4n) is 5.77. The third-order valence-corrected chi connectivity index (χ3v) is 8.01. The van der Waals surface area contributed by atoms with Crippen LogP contribution in [0.2, 0.25) is 0 Å². The number of rotatable bonds is 7. The summed E-state index contributed by atoms with van der Waals surface area (Å²) in [5.41, 5.74) is -0.991. The fraction of sp³-hybridized carbons (Fsp3) is 0.538. The first-order chi connectivity index (χ1) is 17.1. The number of carbonyl (C=O) groups is 1. The minimum absolute atomic E-state index is 0.0671. The van der Waals surface area contributed by atoms with Crippen molar-refractivity contribution in [3.63, 3.8) is 0 Å². The summed E-state index contributed by atoms with van der Waals surface area (Å²) in [6, 6.07) is 3.52. The summed E-state index contributed by atoms with van der Waals surface area (Å²) in [6.45, 7) is 2.40. The number of aromatic nitrogens is 1. The maximum atomic E-state index is 14.7. The van der Waals surface area contributed by atoms with Gasteiger partial charge in [-0.3, -0.25) is 9.59 Å². The predicted octanol–water partition coefficient (Wildman–Crippen LogP) is 4.38. The molecule has 0 unspecified atom stereocenters. The van der Waals surface area contributed by atoms with E-state index in [-0.39, 0.29) is 34.5 Å². The van der Waals surface area contributed by atoms with Crippen molar-refractivity contribution in [3.8, 4) is 0 Å². The Labute approximate surface area is 206 Å². The van der Waals surface area contributed by atoms with E-state index in [1.54, 1.807) is 4.57 Å². The molecule has 2 heterocycles. The van der Waals surface area contributed by atoms with Crippen LogP contribution in [0.4, 0.5) is 23.2 Å². The largest absolute Gasteiger partial charge is 0.378 e. The molecule has 6 rings (SSSR count). The molecule has 2 N–H and O–H groups in total. The molecule has 3 saturated carbocycles. The van der Waals surface area contributed by atoms with Gasteiger partial charge in [0.25, 0.3) is 17.9 Å². The van der Waals surface area contributed by atoms with E-state index in [0.29, 0.717) is 18.9 Å². The van der Waals surface area contributed by atoms with Crippen LogP contribution in [0.5, 0.6) is 0 Å². The molecule has 1 saturated heterocycles. The maximum Gasteiger partial charge on any atom is 0.266 e. The Balaban J connectivity index is 1.45. The number of likely N-dealkylation sites (tertiary alicyclic amines) is 1. The molecule has 2 aromatic rings. The van der Waals surface area contributed by atoms with E-state index in [9.17, 15) is 27.2 Å². The lowest BCUT2D eigenvalue weighted by molar-refractivity contribution is -0.0914. The normalized spacial score (nSPS) is 28.2. The number of benzene rings is 1. The van der Waals surface area contributed by atoms with E-state index in [4.69, 9.17) is 0 Å². The van der Waals surface area contributed by atoms with E-state index >= 15 is 0 Å². The highest BCUT2D eigenvalue weighted by atomic mass is 19.3. The number of alkyl halides is 3. The van der Waals surface area contributed by atoms with Gasteiger partial charge in [-0.25, -0.2) is 17.6 Å². The Morgan fingerprint density at radius 2 is 1.89 bits per heavy atom. The number of piperidine rings is 1. The third-order valence-electron chi connectivity index (χ3n) is 8.01. The summed E-state index contributed by atoms with van der Waals surface area (Å²) in [7, 11) is 1.83. The molecule has 1 amide bonds. The van der Waals surface area contributed by atoms with Crippen molar-refractivity contribution < 1.29 is 22.4 Å². The number of carbonyl (C=O) groups excluding carboxylic acids is 1. The Kier molecular flexibility index (Phi) is 6.34. The van der Waals surface area contributed by atoms with Crippen molar-refractivity contribution in [1.29, 1.82) is 0 Å². The van der Waals surface area contributed by atoms with Gasteiger partial charge >= 0.3 is 0 Å². The average molecular weight is 507 g/mol. The number of pyridine rings is 1. The second kappa shape index (κ2) is 9.21. The predicted molar refractivity (Wildman–Crippen MR) is 128 cm³/mol. The number of nitrogens with one attached hydrogen (secondary N) is 2. The van der Waals surface area contributed by atoms with E-state index in [2.05, 4.69) is 10.6 Å². The molecule has 4 aliphatic rings. The summed E-state index contributed by atoms with van der Waals surface area (Å²) in [4.78, 5) is 28.3. The number of amides is 1. The van der Waals surface area contributed by atoms with Crippen LogP contribution in [0.25, 0.3) is 0 Å². The van der Waals surface area contributed by atoms with Gasteiger partial charge in [0.2, 0.25) is 0 Å². The van der Waals surface area contributed by atoms with Crippen LogP contribution in [-0.2, 0) is 5.54 Å². The monoisotopic (exact) mass is 506 g/mol. The van der Waals surface area contributed by atoms with E-state index < -0.39 is 42.0 Å². The van der Waals surface area contributed by atoms with E-state index in [0.717, 1.165) is 25.3 Å². The van der Waals surface area contributed by atoms with Crippen molar-refractivity contribution >= 4 is 11.6 Å². The highest BCUT2D eigenvalue weighted by molar-refractivity contribution is 5.99. The Morgan fingerprint density at radius 3 is 2.50 bits per heavy atom. The molecule has 10 heteroatoms. The molecule has 2 bridgehead atoms. The lowest BCUT2D eigenvalue weighted by Gasteiger charge is -2.62. The van der Waals surface area contributed by atoms with Gasteiger partial charge in [0.05, 0.1) is 28.9 Å². The van der Waals surface area contributed by atoms with E-state index in [1.165, 1.54) is 31.3 Å². The summed E-state index contributed by atoms with van der Waals surface area (Å²) in [5, 5.41) is 5.75. The van der Waals surface area contributed by atoms with Crippen LogP contribution in [0.1, 0.15) is 66.6 Å². The Morgan fingerprint density at radius 1 is 1.19 bits per heavy atom. The molecule has 194 valence electrons. The molecule has 6 nitrogen and oxygen atoms in total. The molecule has 0 spiro atoms. The SMILES string of the molecule is C[C@@H](NC(=O)c1cn(C23CC(C2)C3)c(=O)cc1N[C@H]1CCN(C)C[C@H]1F)c1cccc(C(F)F)c1F. The number of nitrogens with zero attached hydrogens (tertiary/aromatic N) is 2. The molecular weight excluding hydrogens is 476 g/mol. The van der Waals surface area contributed by atoms with Crippen molar-refractivity contribution in [2.45, 2.75) is 62.8 Å². The molecule has 0 radical (unpaired) electrons. The fourth-order valence-corrected chi connectivity index (χ4v) is 5.77. The Bertz CT molecular complexity index is 1220. The average Bonchev–Trinajstić information content (AvgIpc) is 2.75. The topological polar surface area (TPSA) is 66.4 Å². The lowest BCUT2D eigenvalue weighted by Crippen LogP contribution is -2.62. The lowest BCUT2D eigenvalue weighted by atomic mass is 9.49. The molecule has 1 aromatic carbocycles. The smallest absolute Gasteiger partial charge is 0.266 e. The molecule has 1 aliphatic heterocycles. The van der Waals surface area contributed by atoms with Crippen molar-refractivity contribution in [3.05, 3.63) is 63.3 Å². The molecule has 3 atom stereocenters. The van der Waals surface area contributed by atoms with Crippen LogP contribution in [0.15, 0.2) is 35.3 Å². The van der Waals surface area contributed by atoms with Gasteiger partial charge in [0.1, 0.15) is 12.0 Å². The van der Waals surface area contributed by atoms with Gasteiger partial charge < -0.3 is 20.1 Å². The highest BCUT2D eigenvalue weighted by Crippen LogP contribution is 2.61. The van der Waals surface area contributed by atoms with Gasteiger partial charge in [0.15, 0.2) is 0 Å². The first-order valence-corrected chi connectivity index (χ1v) is 12.3. The summed E-state index contributed by atoms with van der Waals surface area (Å²) < 4.78 is 57.4. The Hall–Kier alpha value is -2.88. The summed E-state index contributed by atoms with van der Waals surface area (Å²) in [6.07, 6.45) is 0.470. The molecular formula is C26H30F4N4O2. The van der Waals surface area contributed by atoms with Crippen LogP contribution in [0.3, 0.4) is 0 Å². The zero-order chi connectivity index (χ0) is 25.8. The quantitative estimate of drug-likeness (QED) is 0.547. The van der Waals surface area contributed by atoms with Crippen molar-refractivity contribution in [2.75, 3.05) is 25.5 Å². The van der Waals surface area contributed by atoms with Gasteiger partial charge in [-0.05, 0) is 45.6 Å². The highest BCUT2D eigenvalue weighted by Gasteiger charge is 2.58. The zero-order valence-electron chi connectivity index (χ0n) is 20.2. The van der Waals surface area contributed by atoms with E-state index in [1.807, 2.05) is 11.9 Å². The van der Waals surface area contributed by atoms with Gasteiger partial charge in [-0.15, -0.1) is 0 Å². The molecule has 1 aromatic heterocycles.